The van der Waals surface area contributed by atoms with Crippen molar-refractivity contribution in [2.75, 3.05) is 0 Å². The smallest absolute Gasteiger partial charge is 0.0540 e. The number of fused-ring (bicyclic) bond motifs is 1. The fourth-order valence-corrected chi connectivity index (χ4v) is 4.72. The highest BCUT2D eigenvalue weighted by Crippen LogP contribution is 2.53. The van der Waals surface area contributed by atoms with Crippen LogP contribution in [0.25, 0.3) is 0 Å². The summed E-state index contributed by atoms with van der Waals surface area (Å²) in [5, 5.41) is 10.1. The van der Waals surface area contributed by atoms with Crippen LogP contribution in [0.2, 0.25) is 0 Å². The summed E-state index contributed by atoms with van der Waals surface area (Å²) in [6.45, 7) is 7.20. The summed E-state index contributed by atoms with van der Waals surface area (Å²) in [6.07, 6.45) is 15.9. The molecule has 0 saturated heterocycles. The monoisotopic (exact) mass is 278 g/mol. The Hall–Kier alpha value is -0.300. The summed E-state index contributed by atoms with van der Waals surface area (Å²) in [4.78, 5) is 0. The van der Waals surface area contributed by atoms with Crippen LogP contribution >= 0.6 is 0 Å². The van der Waals surface area contributed by atoms with Gasteiger partial charge in [0.05, 0.1) is 6.10 Å². The topological polar surface area (TPSA) is 20.2 Å². The van der Waals surface area contributed by atoms with Crippen molar-refractivity contribution in [1.82, 2.24) is 0 Å². The van der Waals surface area contributed by atoms with Gasteiger partial charge in [-0.15, -0.1) is 0 Å². The van der Waals surface area contributed by atoms with Crippen molar-refractivity contribution in [2.45, 2.75) is 84.7 Å². The number of aliphatic hydroxyl groups excluding tert-OH is 1. The molecule has 5 unspecified atom stereocenters. The third-order valence-corrected chi connectivity index (χ3v) is 6.29. The van der Waals surface area contributed by atoms with Gasteiger partial charge in [-0.25, -0.2) is 0 Å². The number of aliphatic hydroxyl groups is 1. The molecule has 0 heterocycles. The molecular formula is C19H34O. The minimum absolute atomic E-state index is 0.0695. The van der Waals surface area contributed by atoms with Gasteiger partial charge in [0.25, 0.3) is 0 Å². The Morgan fingerprint density at radius 1 is 1.10 bits per heavy atom. The van der Waals surface area contributed by atoms with Crippen LogP contribution in [-0.2, 0) is 0 Å². The Morgan fingerprint density at radius 2 is 1.90 bits per heavy atom. The molecule has 2 aliphatic carbocycles. The third kappa shape index (κ3) is 3.67. The van der Waals surface area contributed by atoms with E-state index in [0.717, 1.165) is 31.1 Å². The van der Waals surface area contributed by atoms with Crippen LogP contribution in [0.3, 0.4) is 0 Å². The van der Waals surface area contributed by atoms with Crippen LogP contribution in [0, 0.1) is 23.2 Å². The van der Waals surface area contributed by atoms with E-state index in [4.69, 9.17) is 0 Å². The van der Waals surface area contributed by atoms with Gasteiger partial charge in [0.1, 0.15) is 0 Å². The molecule has 1 heteroatoms. The van der Waals surface area contributed by atoms with Gasteiger partial charge >= 0.3 is 0 Å². The molecule has 0 radical (unpaired) electrons. The predicted octanol–water partition coefficient (Wildman–Crippen LogP) is 5.34. The average molecular weight is 278 g/mol. The van der Waals surface area contributed by atoms with Crippen molar-refractivity contribution in [3.8, 4) is 0 Å². The molecule has 0 spiro atoms. The zero-order chi connectivity index (χ0) is 14.6. The Morgan fingerprint density at radius 3 is 2.65 bits per heavy atom. The Kier molecular flexibility index (Phi) is 5.72. The van der Waals surface area contributed by atoms with Crippen LogP contribution in [0.15, 0.2) is 12.2 Å². The van der Waals surface area contributed by atoms with Crippen molar-refractivity contribution in [1.29, 1.82) is 0 Å². The van der Waals surface area contributed by atoms with Gasteiger partial charge in [0.2, 0.25) is 0 Å². The summed E-state index contributed by atoms with van der Waals surface area (Å²) in [5.74, 6) is 2.40. The summed E-state index contributed by atoms with van der Waals surface area (Å²) in [6, 6.07) is 0. The molecule has 20 heavy (non-hydrogen) atoms. The first-order valence-corrected chi connectivity index (χ1v) is 8.91. The van der Waals surface area contributed by atoms with E-state index in [9.17, 15) is 5.11 Å². The molecule has 5 atom stereocenters. The Balaban J connectivity index is 2.11. The molecule has 2 rings (SSSR count). The molecule has 1 saturated carbocycles. The Labute approximate surface area is 125 Å². The lowest BCUT2D eigenvalue weighted by Gasteiger charge is -2.37. The van der Waals surface area contributed by atoms with E-state index >= 15 is 0 Å². The molecule has 2 aliphatic rings. The van der Waals surface area contributed by atoms with E-state index in [1.807, 2.05) is 0 Å². The summed E-state index contributed by atoms with van der Waals surface area (Å²) >= 11 is 0. The lowest BCUT2D eigenvalue weighted by atomic mass is 9.68. The molecule has 0 aromatic rings. The standard InChI is InChI=1S/C19H34O/c1-4-16-11-12-17-8-5-9-18(20)13-10-15(2)7-6-14-19(16,17)3/h6-7,15-18,20H,4-5,8-14H2,1-3H3/b7-6-. The molecule has 1 N–H and O–H groups in total. The zero-order valence-corrected chi connectivity index (χ0v) is 13.8. The maximum absolute atomic E-state index is 10.1. The molecule has 0 amide bonds. The average Bonchev–Trinajstić information content (AvgIpc) is 2.72. The highest BCUT2D eigenvalue weighted by atomic mass is 16.3. The second kappa shape index (κ2) is 7.11. The van der Waals surface area contributed by atoms with E-state index in [1.165, 1.54) is 38.5 Å². The molecule has 0 aromatic heterocycles. The first kappa shape index (κ1) is 16.1. The first-order chi connectivity index (χ1) is 9.56. The normalized spacial score (nSPS) is 45.2. The van der Waals surface area contributed by atoms with E-state index in [1.54, 1.807) is 0 Å². The second-order valence-corrected chi connectivity index (χ2v) is 7.66. The van der Waals surface area contributed by atoms with Crippen molar-refractivity contribution in [3.63, 3.8) is 0 Å². The van der Waals surface area contributed by atoms with Gasteiger partial charge in [-0.05, 0) is 68.1 Å². The van der Waals surface area contributed by atoms with Crippen molar-refractivity contribution >= 4 is 0 Å². The molecular weight excluding hydrogens is 244 g/mol. The van der Waals surface area contributed by atoms with Gasteiger partial charge < -0.3 is 5.11 Å². The molecule has 0 bridgehead atoms. The maximum Gasteiger partial charge on any atom is 0.0540 e. The molecule has 0 aromatic carbocycles. The molecule has 0 aliphatic heterocycles. The highest BCUT2D eigenvalue weighted by molar-refractivity contribution is 5.00. The SMILES string of the molecule is CCC1CCC2CCCC(O)CCC(C)/C=C\CC12C. The van der Waals surface area contributed by atoms with Gasteiger partial charge in [0, 0.05) is 0 Å². The Bertz CT molecular complexity index is 322. The second-order valence-electron chi connectivity index (χ2n) is 7.66. The summed E-state index contributed by atoms with van der Waals surface area (Å²) in [7, 11) is 0. The summed E-state index contributed by atoms with van der Waals surface area (Å²) in [5.41, 5.74) is 0.509. The number of rotatable bonds is 1. The maximum atomic E-state index is 10.1. The number of hydrogen-bond acceptors (Lipinski definition) is 1. The molecule has 116 valence electrons. The van der Waals surface area contributed by atoms with Gasteiger partial charge in [-0.1, -0.05) is 45.8 Å². The molecule has 1 fully saturated rings. The minimum atomic E-state index is -0.0695. The third-order valence-electron chi connectivity index (χ3n) is 6.29. The van der Waals surface area contributed by atoms with Crippen molar-refractivity contribution in [2.24, 2.45) is 23.2 Å². The highest BCUT2D eigenvalue weighted by Gasteiger charge is 2.44. The molecule has 1 nitrogen and oxygen atoms in total. The van der Waals surface area contributed by atoms with E-state index in [0.29, 0.717) is 11.3 Å². The minimum Gasteiger partial charge on any atom is -0.393 e. The number of hydrogen-bond donors (Lipinski definition) is 1. The van der Waals surface area contributed by atoms with Crippen LogP contribution < -0.4 is 0 Å². The van der Waals surface area contributed by atoms with Gasteiger partial charge in [-0.3, -0.25) is 0 Å². The van der Waals surface area contributed by atoms with Crippen molar-refractivity contribution in [3.05, 3.63) is 12.2 Å². The van der Waals surface area contributed by atoms with Crippen LogP contribution in [0.1, 0.15) is 78.6 Å². The van der Waals surface area contributed by atoms with E-state index in [-0.39, 0.29) is 6.10 Å². The first-order valence-electron chi connectivity index (χ1n) is 8.91. The lowest BCUT2D eigenvalue weighted by Crippen LogP contribution is -2.28. The van der Waals surface area contributed by atoms with Crippen LogP contribution in [0.5, 0.6) is 0 Å². The van der Waals surface area contributed by atoms with E-state index in [2.05, 4.69) is 32.9 Å². The quantitative estimate of drug-likeness (QED) is 0.642. The number of allylic oxidation sites excluding steroid dienone is 2. The van der Waals surface area contributed by atoms with E-state index < -0.39 is 0 Å². The summed E-state index contributed by atoms with van der Waals surface area (Å²) < 4.78 is 0. The zero-order valence-electron chi connectivity index (χ0n) is 13.8. The fraction of sp³-hybridized carbons (Fsp3) is 0.895. The lowest BCUT2D eigenvalue weighted by molar-refractivity contribution is 0.121. The predicted molar refractivity (Wildman–Crippen MR) is 86.6 cm³/mol. The largest absolute Gasteiger partial charge is 0.393 e. The van der Waals surface area contributed by atoms with Crippen LogP contribution in [-0.4, -0.2) is 11.2 Å². The van der Waals surface area contributed by atoms with Crippen molar-refractivity contribution < 1.29 is 5.11 Å². The van der Waals surface area contributed by atoms with Gasteiger partial charge in [-0.2, -0.15) is 0 Å². The fourth-order valence-electron chi connectivity index (χ4n) is 4.72. The van der Waals surface area contributed by atoms with Crippen LogP contribution in [0.4, 0.5) is 0 Å². The van der Waals surface area contributed by atoms with Gasteiger partial charge in [0.15, 0.2) is 0 Å².